The molecule has 1 aromatic carbocycles. The molecular formula is C14H22N2. The van der Waals surface area contributed by atoms with Crippen LogP contribution in [-0.4, -0.2) is 24.0 Å². The molecule has 1 aromatic rings. The zero-order valence-corrected chi connectivity index (χ0v) is 10.2. The lowest BCUT2D eigenvalue weighted by Gasteiger charge is -2.27. The third kappa shape index (κ3) is 2.63. The molecular weight excluding hydrogens is 196 g/mol. The van der Waals surface area contributed by atoms with E-state index in [2.05, 4.69) is 36.1 Å². The topological polar surface area (TPSA) is 29.3 Å². The summed E-state index contributed by atoms with van der Waals surface area (Å²) in [6.07, 6.45) is 3.59. The van der Waals surface area contributed by atoms with Gasteiger partial charge in [-0.25, -0.2) is 0 Å². The Bertz CT molecular complexity index is 335. The summed E-state index contributed by atoms with van der Waals surface area (Å²) in [4.78, 5) is 2.57. The van der Waals surface area contributed by atoms with Crippen molar-refractivity contribution in [2.75, 3.05) is 13.1 Å². The van der Waals surface area contributed by atoms with E-state index in [4.69, 9.17) is 5.73 Å². The van der Waals surface area contributed by atoms with Crippen molar-refractivity contribution < 1.29 is 0 Å². The van der Waals surface area contributed by atoms with Crippen LogP contribution in [0.15, 0.2) is 24.3 Å². The average Bonchev–Trinajstić information content (AvgIpc) is 2.51. The van der Waals surface area contributed by atoms with Crippen molar-refractivity contribution in [1.29, 1.82) is 0 Å². The van der Waals surface area contributed by atoms with Gasteiger partial charge in [-0.1, -0.05) is 24.3 Å². The van der Waals surface area contributed by atoms with Gasteiger partial charge in [0.25, 0.3) is 0 Å². The van der Waals surface area contributed by atoms with E-state index < -0.39 is 0 Å². The van der Waals surface area contributed by atoms with Crippen LogP contribution in [0.2, 0.25) is 0 Å². The molecule has 2 nitrogen and oxygen atoms in total. The van der Waals surface area contributed by atoms with Crippen molar-refractivity contribution in [2.45, 2.75) is 38.8 Å². The molecule has 1 heterocycles. The first-order chi connectivity index (χ1) is 7.81. The maximum absolute atomic E-state index is 5.64. The Labute approximate surface area is 98.4 Å². The first kappa shape index (κ1) is 11.6. The minimum atomic E-state index is 0.608. The monoisotopic (exact) mass is 218 g/mol. The molecule has 0 bridgehead atoms. The molecule has 1 unspecified atom stereocenters. The zero-order valence-electron chi connectivity index (χ0n) is 10.2. The summed E-state index contributed by atoms with van der Waals surface area (Å²) in [5, 5.41) is 0. The Kier molecular flexibility index (Phi) is 3.97. The van der Waals surface area contributed by atoms with Crippen LogP contribution in [0.5, 0.6) is 0 Å². The number of benzene rings is 1. The maximum Gasteiger partial charge on any atom is 0.0239 e. The molecule has 0 saturated carbocycles. The van der Waals surface area contributed by atoms with E-state index in [-0.39, 0.29) is 0 Å². The smallest absolute Gasteiger partial charge is 0.0239 e. The van der Waals surface area contributed by atoms with Gasteiger partial charge in [0.05, 0.1) is 0 Å². The quantitative estimate of drug-likeness (QED) is 0.842. The summed E-state index contributed by atoms with van der Waals surface area (Å²) < 4.78 is 0. The second kappa shape index (κ2) is 5.46. The van der Waals surface area contributed by atoms with Gasteiger partial charge in [0.15, 0.2) is 0 Å². The fourth-order valence-electron chi connectivity index (χ4n) is 2.53. The normalized spacial score (nSPS) is 18.9. The summed E-state index contributed by atoms with van der Waals surface area (Å²) in [7, 11) is 0. The molecule has 0 radical (unpaired) electrons. The van der Waals surface area contributed by atoms with E-state index in [0.29, 0.717) is 6.04 Å². The van der Waals surface area contributed by atoms with Crippen LogP contribution < -0.4 is 5.73 Å². The summed E-state index contributed by atoms with van der Waals surface area (Å²) in [6.45, 7) is 5.38. The third-order valence-corrected chi connectivity index (χ3v) is 3.59. The zero-order chi connectivity index (χ0) is 11.4. The highest BCUT2D eigenvalue weighted by Gasteiger charge is 2.17. The molecule has 1 aliphatic rings. The molecule has 0 aliphatic carbocycles. The van der Waals surface area contributed by atoms with Gasteiger partial charge in [-0.15, -0.1) is 0 Å². The van der Waals surface area contributed by atoms with Crippen molar-refractivity contribution in [2.24, 2.45) is 5.73 Å². The van der Waals surface area contributed by atoms with E-state index in [1.165, 1.54) is 30.5 Å². The van der Waals surface area contributed by atoms with Gasteiger partial charge in [-0.2, -0.15) is 0 Å². The van der Waals surface area contributed by atoms with Gasteiger partial charge < -0.3 is 5.73 Å². The Morgan fingerprint density at radius 2 is 2.06 bits per heavy atom. The SMILES string of the molecule is CC(CCN)N1CCCc2ccccc2C1. The number of hydrogen-bond acceptors (Lipinski definition) is 2. The van der Waals surface area contributed by atoms with E-state index in [1.54, 1.807) is 0 Å². The highest BCUT2D eigenvalue weighted by molar-refractivity contribution is 5.28. The molecule has 88 valence electrons. The van der Waals surface area contributed by atoms with Crippen LogP contribution in [0.25, 0.3) is 0 Å². The van der Waals surface area contributed by atoms with Crippen LogP contribution in [0.1, 0.15) is 30.9 Å². The van der Waals surface area contributed by atoms with E-state index in [0.717, 1.165) is 19.5 Å². The number of aryl methyl sites for hydroxylation is 1. The summed E-state index contributed by atoms with van der Waals surface area (Å²) in [6, 6.07) is 9.44. The van der Waals surface area contributed by atoms with Crippen LogP contribution in [0, 0.1) is 0 Å². The van der Waals surface area contributed by atoms with Crippen LogP contribution in [0.3, 0.4) is 0 Å². The molecule has 0 spiro atoms. The minimum Gasteiger partial charge on any atom is -0.330 e. The predicted octanol–water partition coefficient (Wildman–Crippen LogP) is 2.17. The Hall–Kier alpha value is -0.860. The van der Waals surface area contributed by atoms with Gasteiger partial charge >= 0.3 is 0 Å². The first-order valence-electron chi connectivity index (χ1n) is 6.32. The highest BCUT2D eigenvalue weighted by Crippen LogP contribution is 2.20. The minimum absolute atomic E-state index is 0.608. The van der Waals surface area contributed by atoms with Crippen LogP contribution in [0.4, 0.5) is 0 Å². The van der Waals surface area contributed by atoms with Gasteiger partial charge in [-0.3, -0.25) is 4.90 Å². The number of nitrogens with zero attached hydrogens (tertiary/aromatic N) is 1. The molecule has 0 aromatic heterocycles. The van der Waals surface area contributed by atoms with Crippen molar-refractivity contribution in [3.8, 4) is 0 Å². The molecule has 1 aliphatic heterocycles. The molecule has 0 saturated heterocycles. The number of hydrogen-bond donors (Lipinski definition) is 1. The molecule has 2 rings (SSSR count). The molecule has 2 N–H and O–H groups in total. The number of nitrogens with two attached hydrogens (primary N) is 1. The second-order valence-corrected chi connectivity index (χ2v) is 4.77. The third-order valence-electron chi connectivity index (χ3n) is 3.59. The fourth-order valence-corrected chi connectivity index (χ4v) is 2.53. The summed E-state index contributed by atoms with van der Waals surface area (Å²) in [5.41, 5.74) is 8.68. The fraction of sp³-hybridized carbons (Fsp3) is 0.571. The predicted molar refractivity (Wildman–Crippen MR) is 68.3 cm³/mol. The Morgan fingerprint density at radius 1 is 1.31 bits per heavy atom. The summed E-state index contributed by atoms with van der Waals surface area (Å²) in [5.74, 6) is 0. The number of rotatable bonds is 3. The van der Waals surface area contributed by atoms with E-state index in [9.17, 15) is 0 Å². The number of fused-ring (bicyclic) bond motifs is 1. The maximum atomic E-state index is 5.64. The lowest BCUT2D eigenvalue weighted by Crippen LogP contribution is -2.34. The molecule has 16 heavy (non-hydrogen) atoms. The standard InChI is InChI=1S/C14H22N2/c1-12(8-9-15)16-10-4-7-13-5-2-3-6-14(13)11-16/h2-3,5-6,12H,4,7-11,15H2,1H3. The van der Waals surface area contributed by atoms with Gasteiger partial charge in [0, 0.05) is 12.6 Å². The first-order valence-corrected chi connectivity index (χ1v) is 6.32. The van der Waals surface area contributed by atoms with E-state index in [1.807, 2.05) is 0 Å². The largest absolute Gasteiger partial charge is 0.330 e. The van der Waals surface area contributed by atoms with Gasteiger partial charge in [0.2, 0.25) is 0 Å². The molecule has 1 atom stereocenters. The van der Waals surface area contributed by atoms with E-state index >= 15 is 0 Å². The van der Waals surface area contributed by atoms with Crippen molar-refractivity contribution in [3.63, 3.8) is 0 Å². The van der Waals surface area contributed by atoms with Crippen molar-refractivity contribution in [3.05, 3.63) is 35.4 Å². The highest BCUT2D eigenvalue weighted by atomic mass is 15.1. The van der Waals surface area contributed by atoms with Gasteiger partial charge in [-0.05, 0) is 50.4 Å². The molecule has 0 amide bonds. The molecule has 2 heteroatoms. The Morgan fingerprint density at radius 3 is 2.81 bits per heavy atom. The van der Waals surface area contributed by atoms with Gasteiger partial charge in [0.1, 0.15) is 0 Å². The van der Waals surface area contributed by atoms with Crippen molar-refractivity contribution >= 4 is 0 Å². The lowest BCUT2D eigenvalue weighted by molar-refractivity contribution is 0.196. The molecule has 0 fully saturated rings. The van der Waals surface area contributed by atoms with Crippen LogP contribution >= 0.6 is 0 Å². The van der Waals surface area contributed by atoms with Crippen LogP contribution in [-0.2, 0) is 13.0 Å². The van der Waals surface area contributed by atoms with Crippen molar-refractivity contribution in [1.82, 2.24) is 4.90 Å². The second-order valence-electron chi connectivity index (χ2n) is 4.77. The lowest BCUT2D eigenvalue weighted by atomic mass is 10.0. The average molecular weight is 218 g/mol. The Balaban J connectivity index is 2.10. The summed E-state index contributed by atoms with van der Waals surface area (Å²) >= 11 is 0.